The van der Waals surface area contributed by atoms with Crippen molar-refractivity contribution in [2.75, 3.05) is 24.2 Å². The monoisotopic (exact) mass is 874 g/mol. The van der Waals surface area contributed by atoms with E-state index in [1.807, 2.05) is 12.1 Å². The van der Waals surface area contributed by atoms with Crippen LogP contribution in [0.3, 0.4) is 0 Å². The molecular weight excluding hydrogens is 839 g/mol. The molecule has 0 aliphatic carbocycles. The van der Waals surface area contributed by atoms with Crippen molar-refractivity contribution in [1.29, 1.82) is 0 Å². The van der Waals surface area contributed by atoms with Crippen LogP contribution < -0.4 is 10.2 Å². The number of carboxylic acids is 4. The van der Waals surface area contributed by atoms with Gasteiger partial charge in [0.2, 0.25) is 11.7 Å². The SMILES string of the molecule is O=C(CCl)NC(Cc1ccc(O)cc1)C(=O)O.O=C(O)C1=CCOCO1.O=C(O)c1ccc(N2C(=O)c3cccc4cccc(c34)C2=O)cc1.O=C(O)c1cccc(CCl)c1. The summed E-state index contributed by atoms with van der Waals surface area (Å²) in [5, 5.41) is 47.6. The molecule has 0 saturated carbocycles. The van der Waals surface area contributed by atoms with Crippen molar-refractivity contribution in [3.63, 3.8) is 0 Å². The first-order valence-electron chi connectivity index (χ1n) is 17.8. The zero-order chi connectivity index (χ0) is 44.6. The Morgan fingerprint density at radius 1 is 0.705 bits per heavy atom. The van der Waals surface area contributed by atoms with E-state index in [2.05, 4.69) is 14.8 Å². The fourth-order valence-corrected chi connectivity index (χ4v) is 5.85. The van der Waals surface area contributed by atoms with E-state index in [-0.39, 0.29) is 41.7 Å². The lowest BCUT2D eigenvalue weighted by molar-refractivity contribution is -0.141. The number of imide groups is 1. The molecule has 0 bridgehead atoms. The lowest BCUT2D eigenvalue weighted by atomic mass is 9.94. The van der Waals surface area contributed by atoms with Crippen LogP contribution in [0.1, 0.15) is 52.6 Å². The number of nitrogens with one attached hydrogen (secondary N) is 1. The van der Waals surface area contributed by atoms with Gasteiger partial charge in [0.05, 0.1) is 23.4 Å². The maximum atomic E-state index is 12.8. The molecule has 1 unspecified atom stereocenters. The Balaban J connectivity index is 0.000000193. The second-order valence-electron chi connectivity index (χ2n) is 12.6. The van der Waals surface area contributed by atoms with E-state index in [0.717, 1.165) is 15.8 Å². The molecule has 2 heterocycles. The number of anilines is 1. The number of ether oxygens (including phenoxy) is 2. The van der Waals surface area contributed by atoms with Crippen molar-refractivity contribution >= 4 is 81.3 Å². The Morgan fingerprint density at radius 2 is 1.30 bits per heavy atom. The number of phenols is 1. The molecule has 0 spiro atoms. The lowest BCUT2D eigenvalue weighted by Gasteiger charge is -2.27. The van der Waals surface area contributed by atoms with Crippen molar-refractivity contribution in [2.45, 2.75) is 18.3 Å². The first kappa shape index (κ1) is 46.4. The van der Waals surface area contributed by atoms with Gasteiger partial charge in [-0.3, -0.25) is 14.4 Å². The zero-order valence-corrected chi connectivity index (χ0v) is 33.2. The minimum atomic E-state index is -1.13. The zero-order valence-electron chi connectivity index (χ0n) is 31.7. The smallest absolute Gasteiger partial charge is 0.371 e. The van der Waals surface area contributed by atoms with Crippen LogP contribution in [0.4, 0.5) is 5.69 Å². The van der Waals surface area contributed by atoms with Crippen LogP contribution in [-0.4, -0.2) is 92.5 Å². The fraction of sp³-hybridized carbons (Fsp3) is 0.140. The highest BCUT2D eigenvalue weighted by Gasteiger charge is 2.33. The number of carbonyl (C=O) groups is 7. The van der Waals surface area contributed by atoms with E-state index < -0.39 is 47.6 Å². The normalized spacial score (nSPS) is 13.0. The number of carboxylic acid groups (broad SMARTS) is 4. The van der Waals surface area contributed by atoms with Gasteiger partial charge in [0.1, 0.15) is 17.7 Å². The van der Waals surface area contributed by atoms with Crippen molar-refractivity contribution in [3.8, 4) is 5.75 Å². The Bertz CT molecular complexity index is 2400. The van der Waals surface area contributed by atoms with Gasteiger partial charge in [0.15, 0.2) is 6.79 Å². The summed E-state index contributed by atoms with van der Waals surface area (Å²) in [6.45, 7) is 0.361. The molecule has 1 atom stereocenters. The summed E-state index contributed by atoms with van der Waals surface area (Å²) in [7, 11) is 0. The van der Waals surface area contributed by atoms with E-state index in [1.165, 1.54) is 42.5 Å². The number of amides is 3. The molecule has 0 aromatic heterocycles. The third-order valence-electron chi connectivity index (χ3n) is 8.50. The number of carbonyl (C=O) groups excluding carboxylic acids is 3. The highest BCUT2D eigenvalue weighted by molar-refractivity contribution is 6.35. The van der Waals surface area contributed by atoms with Gasteiger partial charge in [-0.2, -0.15) is 0 Å². The quantitative estimate of drug-likeness (QED) is 0.0679. The molecule has 5 aromatic rings. The summed E-state index contributed by atoms with van der Waals surface area (Å²) in [6, 6.07) is 28.0. The molecule has 316 valence electrons. The third kappa shape index (κ3) is 12.9. The molecular formula is C43H36Cl2N2O14. The fourth-order valence-electron chi connectivity index (χ4n) is 5.60. The average molecular weight is 876 g/mol. The molecule has 5 aromatic carbocycles. The van der Waals surface area contributed by atoms with Crippen LogP contribution in [0, 0.1) is 0 Å². The maximum Gasteiger partial charge on any atom is 0.371 e. The number of hydrogen-bond acceptors (Lipinski definition) is 10. The van der Waals surface area contributed by atoms with Gasteiger partial charge in [-0.25, -0.2) is 24.1 Å². The molecule has 0 fully saturated rings. The van der Waals surface area contributed by atoms with Gasteiger partial charge in [-0.05, 0) is 83.3 Å². The Morgan fingerprint density at radius 3 is 1.77 bits per heavy atom. The average Bonchev–Trinajstić information content (AvgIpc) is 3.27. The number of halogens is 2. The third-order valence-corrected chi connectivity index (χ3v) is 9.05. The van der Waals surface area contributed by atoms with Gasteiger partial charge in [-0.15, -0.1) is 23.2 Å². The first-order valence-corrected chi connectivity index (χ1v) is 18.8. The molecule has 16 nitrogen and oxygen atoms in total. The van der Waals surface area contributed by atoms with E-state index in [1.54, 1.807) is 60.7 Å². The molecule has 2 aliphatic heterocycles. The molecule has 0 saturated heterocycles. The Kier molecular flexibility index (Phi) is 16.9. The number of aliphatic carboxylic acids is 2. The highest BCUT2D eigenvalue weighted by atomic mass is 35.5. The van der Waals surface area contributed by atoms with Gasteiger partial charge in [-0.1, -0.05) is 48.5 Å². The minimum absolute atomic E-state index is 0.0266. The number of aromatic hydroxyl groups is 1. The molecule has 3 amide bonds. The van der Waals surface area contributed by atoms with Gasteiger partial charge in [0, 0.05) is 28.8 Å². The summed E-state index contributed by atoms with van der Waals surface area (Å²) >= 11 is 10.8. The standard InChI is InChI=1S/C19H11NO4.C11H12ClNO4.C8H7ClO2.C5H6O4/c21-17-14-5-1-3-11-4-2-6-15(16(11)14)18(22)20(17)13-9-7-12(8-10-13)19(23)24;12-6-10(15)13-9(11(16)17)5-7-1-3-8(14)4-2-7;9-5-6-2-1-3-7(4-6)8(10)11;6-5(7)4-1-2-8-3-9-4/h1-10H,(H,23,24);1-4,9,14H,5-6H2,(H,13,15)(H,16,17);1-4H,5H2,(H,10,11);1H,2-3H2,(H,6,7). The van der Waals surface area contributed by atoms with Crippen molar-refractivity contribution in [3.05, 3.63) is 154 Å². The van der Waals surface area contributed by atoms with E-state index in [4.69, 9.17) is 48.7 Å². The number of hydrogen-bond donors (Lipinski definition) is 6. The van der Waals surface area contributed by atoms with E-state index >= 15 is 0 Å². The maximum absolute atomic E-state index is 12.8. The molecule has 2 aliphatic rings. The van der Waals surface area contributed by atoms with Crippen molar-refractivity contribution in [1.82, 2.24) is 5.32 Å². The molecule has 7 rings (SSSR count). The van der Waals surface area contributed by atoms with Crippen LogP contribution in [-0.2, 0) is 36.2 Å². The van der Waals surface area contributed by atoms with Gasteiger partial charge < -0.3 is 40.3 Å². The van der Waals surface area contributed by atoms with Crippen molar-refractivity contribution < 1.29 is 68.6 Å². The Labute approximate surface area is 356 Å². The number of nitrogens with zero attached hydrogens (tertiary/aromatic N) is 1. The Hall–Kier alpha value is -7.27. The summed E-state index contributed by atoms with van der Waals surface area (Å²) in [6.07, 6.45) is 1.52. The predicted molar refractivity (Wildman–Crippen MR) is 221 cm³/mol. The van der Waals surface area contributed by atoms with Gasteiger partial charge in [0.25, 0.3) is 11.8 Å². The largest absolute Gasteiger partial charge is 0.508 e. The highest BCUT2D eigenvalue weighted by Crippen LogP contribution is 2.32. The lowest BCUT2D eigenvalue weighted by Crippen LogP contribution is -2.42. The van der Waals surface area contributed by atoms with Gasteiger partial charge >= 0.3 is 23.9 Å². The van der Waals surface area contributed by atoms with Crippen molar-refractivity contribution in [2.24, 2.45) is 0 Å². The van der Waals surface area contributed by atoms with Crippen LogP contribution in [0.15, 0.2) is 121 Å². The number of rotatable bonds is 10. The number of alkyl halides is 2. The van der Waals surface area contributed by atoms with E-state index in [0.29, 0.717) is 40.3 Å². The molecule has 0 radical (unpaired) electrons. The topological polar surface area (TPSA) is 254 Å². The second kappa shape index (κ2) is 22.2. The van der Waals surface area contributed by atoms with E-state index in [9.17, 15) is 33.6 Å². The molecule has 61 heavy (non-hydrogen) atoms. The number of benzene rings is 5. The molecule has 18 heteroatoms. The number of phenolic OH excluding ortho intramolecular Hbond substituents is 1. The number of aromatic carboxylic acids is 2. The predicted octanol–water partition coefficient (Wildman–Crippen LogP) is 6.16. The second-order valence-corrected chi connectivity index (χ2v) is 13.1. The van der Waals surface area contributed by atoms with Crippen LogP contribution in [0.5, 0.6) is 5.75 Å². The summed E-state index contributed by atoms with van der Waals surface area (Å²) in [4.78, 5) is 80.2. The van der Waals surface area contributed by atoms with Crippen LogP contribution >= 0.6 is 23.2 Å². The minimum Gasteiger partial charge on any atom is -0.508 e. The van der Waals surface area contributed by atoms with Crippen LogP contribution in [0.25, 0.3) is 10.8 Å². The summed E-state index contributed by atoms with van der Waals surface area (Å²) in [5.74, 6) is -5.36. The summed E-state index contributed by atoms with van der Waals surface area (Å²) < 4.78 is 9.27. The first-order chi connectivity index (χ1) is 29.1. The molecule has 6 N–H and O–H groups in total. The van der Waals surface area contributed by atoms with Crippen LogP contribution in [0.2, 0.25) is 0 Å². The summed E-state index contributed by atoms with van der Waals surface area (Å²) in [5.41, 5.74) is 3.18.